The Morgan fingerprint density at radius 3 is 1.43 bits per heavy atom. The quantitative estimate of drug-likeness (QED) is 0.0809. The van der Waals surface area contributed by atoms with Gasteiger partial charge in [-0.25, -0.2) is 18.0 Å². The molecule has 0 fully saturated rings. The fraction of sp³-hybridized carbons (Fsp3) is 0.274. The second-order valence-electron chi connectivity index (χ2n) is 18.9. The van der Waals surface area contributed by atoms with E-state index in [0.29, 0.717) is 11.1 Å². The minimum Gasteiger partial charge on any atom is -0.478 e. The maximum absolute atomic E-state index is 13.6. The fourth-order valence-electron chi connectivity index (χ4n) is 8.86. The van der Waals surface area contributed by atoms with Crippen LogP contribution in [0.25, 0.3) is 18.2 Å². The second kappa shape index (κ2) is 28.0. The van der Waals surface area contributed by atoms with Gasteiger partial charge in [-0.2, -0.15) is 0 Å². The van der Waals surface area contributed by atoms with Crippen molar-refractivity contribution in [2.75, 3.05) is 48.8 Å². The molecule has 3 unspecified atom stereocenters. The Morgan fingerprint density at radius 1 is 0.573 bits per heavy atom. The van der Waals surface area contributed by atoms with Crippen LogP contribution in [-0.2, 0) is 33.6 Å². The average molecular weight is 1020 g/mol. The van der Waals surface area contributed by atoms with Gasteiger partial charge in [0.1, 0.15) is 17.5 Å². The molecule has 0 spiro atoms. The molecule has 6 aromatic rings. The lowest BCUT2D eigenvalue weighted by molar-refractivity contribution is -0.131. The van der Waals surface area contributed by atoms with E-state index in [-0.39, 0.29) is 48.6 Å². The molecule has 75 heavy (non-hydrogen) atoms. The molecule has 3 atom stereocenters. The minimum atomic E-state index is -1.08. The molecule has 6 N–H and O–H groups in total. The van der Waals surface area contributed by atoms with Crippen molar-refractivity contribution in [2.24, 2.45) is 5.73 Å². The first-order chi connectivity index (χ1) is 36.1. The van der Waals surface area contributed by atoms with E-state index in [4.69, 9.17) is 10.8 Å². The number of nitrogens with one attached hydrogen (secondary N) is 3. The Labute approximate surface area is 441 Å². The largest absolute Gasteiger partial charge is 1.00 e. The lowest BCUT2D eigenvalue weighted by Gasteiger charge is -2.28. The third-order valence-electron chi connectivity index (χ3n) is 13.2. The Hall–Kier alpha value is -7.90. The number of hydrogen-bond acceptors (Lipinski definition) is 7. The summed E-state index contributed by atoms with van der Waals surface area (Å²) in [5.74, 6) is -2.65. The monoisotopic (exact) mass is 1020 g/mol. The molecular weight excluding hydrogens is 950 g/mol. The molecule has 9 rings (SSSR count). The predicted molar refractivity (Wildman–Crippen MR) is 300 cm³/mol. The fourth-order valence-corrected chi connectivity index (χ4v) is 8.86. The van der Waals surface area contributed by atoms with Gasteiger partial charge in [-0.1, -0.05) is 91.0 Å². The lowest BCUT2D eigenvalue weighted by Crippen LogP contribution is -2.27. The van der Waals surface area contributed by atoms with Gasteiger partial charge >= 0.3 is 7.40 Å². The first kappa shape index (κ1) is 56.4. The number of hydrogen-bond donors (Lipinski definition) is 5. The third kappa shape index (κ3) is 17.1. The number of carbonyl (C=O) groups is 3. The molecule has 0 saturated heterocycles. The van der Waals surface area contributed by atoms with Crippen molar-refractivity contribution in [2.45, 2.75) is 77.4 Å². The van der Waals surface area contributed by atoms with Crippen LogP contribution in [0, 0.1) is 17.5 Å². The molecule has 3 aliphatic heterocycles. The second-order valence-corrected chi connectivity index (χ2v) is 18.9. The number of anilines is 3. The molecule has 0 aliphatic carbocycles. The summed E-state index contributed by atoms with van der Waals surface area (Å²) < 4.78 is 39.9. The van der Waals surface area contributed by atoms with Gasteiger partial charge in [0.2, 0.25) is 11.8 Å². The highest BCUT2D eigenvalue weighted by atomic mass is 19.1. The number of aryl methyl sites for hydroxylation is 3. The van der Waals surface area contributed by atoms with Gasteiger partial charge in [0.15, 0.2) is 0 Å². The highest BCUT2D eigenvalue weighted by molar-refractivity contribution is 5.92. The molecule has 3 aliphatic rings. The predicted octanol–water partition coefficient (Wildman–Crippen LogP) is 12.3. The van der Waals surface area contributed by atoms with Crippen molar-refractivity contribution in [3.63, 3.8) is 0 Å². The van der Waals surface area contributed by atoms with Gasteiger partial charge in [0.25, 0.3) is 0 Å². The summed E-state index contributed by atoms with van der Waals surface area (Å²) in [4.78, 5) is 38.9. The van der Waals surface area contributed by atoms with Gasteiger partial charge in [-0.05, 0) is 147 Å². The standard InChI is InChI=1S/C21H23FN2O.C20H21FN2O.C12H18N2.C9H7FO2/c1-15(18-10-9-17-7-5-13-24(2)20(17)14-18)23-21(25)12-11-16-6-3-4-8-19(16)22;1-14(17-9-8-16-6-4-12-22-19(16)13-17)23-20(24)11-10-15-5-2-3-7-18(15)21;1-9(13)11-6-5-10-4-3-7-14(2)12(10)8-11;10-8-4-2-1-3-7(8)5-6-9(11)12/h3-4,6,8-12,14-15H,5,7,13H2,1-2H3,(H,23,25);2-3,5,7-11,13-14,22H,4,6,12H2,1H3,(H,23,24);5-6,8-9H,3-4,7,13H2,1-2H3;1-6H,(H,11,12)/p+1/b12-11+;11-10+;;6-5+. The summed E-state index contributed by atoms with van der Waals surface area (Å²) in [6.45, 7) is 9.14. The summed E-state index contributed by atoms with van der Waals surface area (Å²) in [5.41, 5.74) is 18.2. The molecule has 0 radical (unpaired) electrons. The Morgan fingerprint density at radius 2 is 0.973 bits per heavy atom. The molecule has 13 heteroatoms. The summed E-state index contributed by atoms with van der Waals surface area (Å²) in [6, 6.07) is 37.9. The SMILES string of the molecule is CC(N)c1ccc2c(c1)N(C)CCC2.CC(NC(=O)/C=C/c1ccccc1F)c1ccc2c(c1)N(C)CCC2.CC(NC(=O)/C=C/c1ccccc1F)c1ccc2c(c1)NCCC2.O=C(O)/C=C/c1ccccc1F.[H+]. The van der Waals surface area contributed by atoms with Crippen LogP contribution in [0.5, 0.6) is 0 Å². The van der Waals surface area contributed by atoms with E-state index in [1.54, 1.807) is 48.5 Å². The van der Waals surface area contributed by atoms with Crippen LogP contribution in [0.15, 0.2) is 146 Å². The van der Waals surface area contributed by atoms with E-state index in [0.717, 1.165) is 61.8 Å². The van der Waals surface area contributed by atoms with Crippen molar-refractivity contribution < 1.29 is 34.1 Å². The zero-order valence-corrected chi connectivity index (χ0v) is 43.5. The molecule has 3 heterocycles. The van der Waals surface area contributed by atoms with Gasteiger partial charge in [-0.15, -0.1) is 0 Å². The summed E-state index contributed by atoms with van der Waals surface area (Å²) in [5, 5.41) is 17.5. The smallest absolute Gasteiger partial charge is 0.478 e. The van der Waals surface area contributed by atoms with Gasteiger partial charge < -0.3 is 36.6 Å². The molecule has 392 valence electrons. The first-order valence-corrected chi connectivity index (χ1v) is 25.5. The number of halogens is 3. The number of carboxylic acids is 1. The topological polar surface area (TPSA) is 140 Å². The van der Waals surface area contributed by atoms with Crippen molar-refractivity contribution in [1.82, 2.24) is 10.6 Å². The molecule has 0 saturated carbocycles. The lowest BCUT2D eigenvalue weighted by atomic mass is 9.97. The number of rotatable bonds is 11. The third-order valence-corrected chi connectivity index (χ3v) is 13.2. The highest BCUT2D eigenvalue weighted by Crippen LogP contribution is 2.31. The van der Waals surface area contributed by atoms with Crippen molar-refractivity contribution in [3.8, 4) is 0 Å². The minimum absolute atomic E-state index is 0. The van der Waals surface area contributed by atoms with Gasteiger partial charge in [0, 0.05) is 91.8 Å². The molecular formula is C62H70F3N6O4+. The van der Waals surface area contributed by atoms with Gasteiger partial charge in [0.05, 0.1) is 12.1 Å². The Balaban J connectivity index is 0.000000195. The number of benzene rings is 6. The summed E-state index contributed by atoms with van der Waals surface area (Å²) in [6.07, 6.45) is 14.8. The normalized spacial score (nSPS) is 14.7. The van der Waals surface area contributed by atoms with Crippen LogP contribution in [0.1, 0.15) is 110 Å². The number of aliphatic carboxylic acids is 1. The number of amides is 2. The van der Waals surface area contributed by atoms with Crippen molar-refractivity contribution >= 4 is 53.1 Å². The molecule has 0 bridgehead atoms. The number of fused-ring (bicyclic) bond motifs is 3. The number of carbonyl (C=O) groups excluding carboxylic acids is 2. The van der Waals surface area contributed by atoms with Gasteiger partial charge in [-0.3, -0.25) is 9.59 Å². The Bertz CT molecular complexity index is 3000. The van der Waals surface area contributed by atoms with Crippen LogP contribution in [0.3, 0.4) is 0 Å². The van der Waals surface area contributed by atoms with E-state index in [2.05, 4.69) is 94.4 Å². The maximum atomic E-state index is 13.6. The van der Waals surface area contributed by atoms with Crippen LogP contribution in [-0.4, -0.2) is 56.6 Å². The molecule has 0 aromatic heterocycles. The van der Waals surface area contributed by atoms with Crippen molar-refractivity contribution in [1.29, 1.82) is 0 Å². The molecule has 10 nitrogen and oxygen atoms in total. The molecule has 2 amide bonds. The van der Waals surface area contributed by atoms with E-state index < -0.39 is 11.8 Å². The molecule has 6 aromatic carbocycles. The van der Waals surface area contributed by atoms with Crippen molar-refractivity contribution in [3.05, 3.63) is 213 Å². The first-order valence-electron chi connectivity index (χ1n) is 25.5. The number of nitrogens with zero attached hydrogens (tertiary/aromatic N) is 2. The maximum Gasteiger partial charge on any atom is 1.00 e. The number of nitrogens with two attached hydrogens (primary N) is 1. The van der Waals surface area contributed by atoms with E-state index >= 15 is 0 Å². The van der Waals surface area contributed by atoms with Crippen LogP contribution in [0.2, 0.25) is 0 Å². The zero-order valence-electron chi connectivity index (χ0n) is 44.5. The summed E-state index contributed by atoms with van der Waals surface area (Å²) in [7, 11) is 4.26. The zero-order chi connectivity index (χ0) is 53.9. The highest BCUT2D eigenvalue weighted by Gasteiger charge is 2.18. The van der Waals surface area contributed by atoms with E-state index in [1.807, 2.05) is 20.8 Å². The van der Waals surface area contributed by atoms with Crippen LogP contribution < -0.4 is 31.5 Å². The summed E-state index contributed by atoms with van der Waals surface area (Å²) >= 11 is 0. The number of carboxylic acid groups (broad SMARTS) is 1. The van der Waals surface area contributed by atoms with E-state index in [1.165, 1.54) is 108 Å². The van der Waals surface area contributed by atoms with Crippen LogP contribution >= 0.6 is 0 Å². The van der Waals surface area contributed by atoms with Crippen LogP contribution in [0.4, 0.5) is 30.2 Å². The average Bonchev–Trinajstić information content (AvgIpc) is 3.40. The Kier molecular flexibility index (Phi) is 21.0. The van der Waals surface area contributed by atoms with E-state index in [9.17, 15) is 27.6 Å².